The molecule has 0 aromatic carbocycles. The fraction of sp³-hybridized carbons (Fsp3) is 0.846. The summed E-state index contributed by atoms with van der Waals surface area (Å²) in [5.41, 5.74) is 0. The van der Waals surface area contributed by atoms with Crippen molar-refractivity contribution in [1.29, 1.82) is 0 Å². The number of carboxylic acid groups (broad SMARTS) is 1. The van der Waals surface area contributed by atoms with Crippen molar-refractivity contribution >= 4 is 12.0 Å². The number of carbonyl (C=O) groups excluding carboxylic acids is 1. The smallest absolute Gasteiger partial charge is 0.407 e. The molecule has 0 unspecified atom stereocenters. The van der Waals surface area contributed by atoms with Crippen molar-refractivity contribution in [2.75, 3.05) is 45.9 Å². The second-order valence-corrected chi connectivity index (χ2v) is 5.45. The maximum Gasteiger partial charge on any atom is 0.407 e. The Labute approximate surface area is 118 Å². The molecule has 2 amide bonds. The van der Waals surface area contributed by atoms with E-state index in [9.17, 15) is 14.7 Å². The fourth-order valence-corrected chi connectivity index (χ4v) is 2.97. The minimum atomic E-state index is -1.03. The Kier molecular flexibility index (Phi) is 5.19. The zero-order valence-corrected chi connectivity index (χ0v) is 11.7. The molecule has 2 saturated heterocycles. The Morgan fingerprint density at radius 2 is 2.05 bits per heavy atom. The summed E-state index contributed by atoms with van der Waals surface area (Å²) in [5, 5.41) is 18.1. The Bertz CT molecular complexity index is 364. The van der Waals surface area contributed by atoms with E-state index in [1.54, 1.807) is 4.90 Å². The molecule has 2 N–H and O–H groups in total. The highest BCUT2D eigenvalue weighted by Crippen LogP contribution is 2.16. The van der Waals surface area contributed by atoms with Gasteiger partial charge in [-0.1, -0.05) is 0 Å². The second-order valence-electron chi connectivity index (χ2n) is 5.45. The van der Waals surface area contributed by atoms with Gasteiger partial charge in [0.25, 0.3) is 0 Å². The molecule has 7 heteroatoms. The lowest BCUT2D eigenvalue weighted by Crippen LogP contribution is -2.52. The van der Waals surface area contributed by atoms with Gasteiger partial charge in [-0.2, -0.15) is 0 Å². The summed E-state index contributed by atoms with van der Waals surface area (Å²) in [7, 11) is 0. The largest absolute Gasteiger partial charge is 0.465 e. The third kappa shape index (κ3) is 3.61. The first-order valence-corrected chi connectivity index (χ1v) is 7.22. The van der Waals surface area contributed by atoms with Gasteiger partial charge in [0, 0.05) is 32.2 Å². The highest BCUT2D eigenvalue weighted by atomic mass is 16.4. The summed E-state index contributed by atoms with van der Waals surface area (Å²) in [6.07, 6.45) is 2.02. The zero-order valence-electron chi connectivity index (χ0n) is 11.7. The predicted molar refractivity (Wildman–Crippen MR) is 72.5 cm³/mol. The van der Waals surface area contributed by atoms with Gasteiger partial charge < -0.3 is 15.1 Å². The number of likely N-dealkylation sites (tertiary alicyclic amines) is 1. The van der Waals surface area contributed by atoms with E-state index in [4.69, 9.17) is 5.11 Å². The molecule has 2 heterocycles. The Hall–Kier alpha value is -1.34. The van der Waals surface area contributed by atoms with E-state index in [0.717, 1.165) is 37.3 Å². The van der Waals surface area contributed by atoms with Crippen LogP contribution in [-0.2, 0) is 4.79 Å². The minimum absolute atomic E-state index is 0.0295. The average molecular weight is 285 g/mol. The summed E-state index contributed by atoms with van der Waals surface area (Å²) < 4.78 is 0. The predicted octanol–water partition coefficient (Wildman–Crippen LogP) is -0.345. The highest BCUT2D eigenvalue weighted by Gasteiger charge is 2.27. The van der Waals surface area contributed by atoms with E-state index >= 15 is 0 Å². The molecule has 20 heavy (non-hydrogen) atoms. The molecule has 114 valence electrons. The van der Waals surface area contributed by atoms with Crippen LogP contribution >= 0.6 is 0 Å². The van der Waals surface area contributed by atoms with Crippen molar-refractivity contribution in [2.24, 2.45) is 0 Å². The lowest BCUT2D eigenvalue weighted by Gasteiger charge is -2.33. The van der Waals surface area contributed by atoms with Gasteiger partial charge in [-0.25, -0.2) is 4.79 Å². The van der Waals surface area contributed by atoms with E-state index in [1.807, 2.05) is 0 Å². The number of piperazine rings is 1. The van der Waals surface area contributed by atoms with Crippen molar-refractivity contribution in [3.63, 3.8) is 0 Å². The van der Waals surface area contributed by atoms with Crippen molar-refractivity contribution in [3.8, 4) is 0 Å². The van der Waals surface area contributed by atoms with Gasteiger partial charge in [-0.15, -0.1) is 0 Å². The number of rotatable bonds is 5. The van der Waals surface area contributed by atoms with Gasteiger partial charge in [0.15, 0.2) is 0 Å². The quantitative estimate of drug-likeness (QED) is 0.721. The lowest BCUT2D eigenvalue weighted by molar-refractivity contribution is -0.135. The molecule has 2 rings (SSSR count). The molecule has 0 aliphatic carbocycles. The van der Waals surface area contributed by atoms with Crippen LogP contribution in [0.4, 0.5) is 4.79 Å². The fourth-order valence-electron chi connectivity index (χ4n) is 2.97. The first kappa shape index (κ1) is 15.1. The second kappa shape index (κ2) is 6.90. The third-order valence-electron chi connectivity index (χ3n) is 4.17. The number of nitrogens with zero attached hydrogens (tertiary/aromatic N) is 3. The Morgan fingerprint density at radius 3 is 2.70 bits per heavy atom. The molecule has 0 saturated carbocycles. The molecule has 0 spiro atoms. The molecular weight excluding hydrogens is 262 g/mol. The van der Waals surface area contributed by atoms with E-state index in [0.29, 0.717) is 19.6 Å². The maximum atomic E-state index is 11.8. The van der Waals surface area contributed by atoms with Crippen LogP contribution in [-0.4, -0.2) is 88.8 Å². The normalized spacial score (nSPS) is 24.4. The average Bonchev–Trinajstić information content (AvgIpc) is 2.87. The molecule has 2 aliphatic heterocycles. The number of carbonyl (C=O) groups is 2. The van der Waals surface area contributed by atoms with Crippen molar-refractivity contribution in [1.82, 2.24) is 14.7 Å². The topological polar surface area (TPSA) is 84.3 Å². The Balaban J connectivity index is 1.70. The number of aliphatic hydroxyl groups excluding tert-OH is 1. The molecule has 2 fully saturated rings. The zero-order chi connectivity index (χ0) is 14.5. The molecule has 0 radical (unpaired) electrons. The van der Waals surface area contributed by atoms with Crippen LogP contribution in [0.15, 0.2) is 0 Å². The van der Waals surface area contributed by atoms with Crippen LogP contribution in [0, 0.1) is 0 Å². The molecule has 7 nitrogen and oxygen atoms in total. The van der Waals surface area contributed by atoms with Crippen LogP contribution in [0.3, 0.4) is 0 Å². The monoisotopic (exact) mass is 285 g/mol. The summed E-state index contributed by atoms with van der Waals surface area (Å²) >= 11 is 0. The molecular formula is C13H23N3O4. The summed E-state index contributed by atoms with van der Waals surface area (Å²) in [6, 6.07) is 0.273. The van der Waals surface area contributed by atoms with Gasteiger partial charge in [0.05, 0.1) is 6.61 Å². The van der Waals surface area contributed by atoms with E-state index in [2.05, 4.69) is 4.90 Å². The highest BCUT2D eigenvalue weighted by molar-refractivity contribution is 5.83. The number of hydrogen-bond acceptors (Lipinski definition) is 4. The molecule has 0 aromatic heterocycles. The van der Waals surface area contributed by atoms with Crippen molar-refractivity contribution in [2.45, 2.75) is 25.3 Å². The van der Waals surface area contributed by atoms with Crippen molar-refractivity contribution in [3.05, 3.63) is 0 Å². The molecule has 0 aromatic rings. The van der Waals surface area contributed by atoms with Gasteiger partial charge >= 0.3 is 6.09 Å². The maximum absolute atomic E-state index is 11.8. The van der Waals surface area contributed by atoms with Crippen LogP contribution in [0.2, 0.25) is 0 Å². The molecule has 0 bridgehead atoms. The van der Waals surface area contributed by atoms with Gasteiger partial charge in [-0.3, -0.25) is 14.6 Å². The number of amides is 2. The minimum Gasteiger partial charge on any atom is -0.465 e. The number of hydrogen-bond donors (Lipinski definition) is 2. The lowest BCUT2D eigenvalue weighted by atomic mass is 10.2. The SMILES string of the molecule is O=C(O)N1CCN(CCCN2CCC[C@@H]2CO)C(=O)C1. The first-order chi connectivity index (χ1) is 9.61. The van der Waals surface area contributed by atoms with E-state index in [-0.39, 0.29) is 25.1 Å². The van der Waals surface area contributed by atoms with Crippen LogP contribution in [0.1, 0.15) is 19.3 Å². The molecule has 1 atom stereocenters. The standard InChI is InChI=1S/C13H23N3O4/c17-10-11-3-1-4-14(11)5-2-6-15-7-8-16(13(19)20)9-12(15)18/h11,17H,1-10H2,(H,19,20)/t11-/m1/s1. The van der Waals surface area contributed by atoms with E-state index in [1.165, 1.54) is 0 Å². The van der Waals surface area contributed by atoms with Gasteiger partial charge in [0.1, 0.15) is 6.54 Å². The van der Waals surface area contributed by atoms with Gasteiger partial charge in [0.2, 0.25) is 5.91 Å². The summed E-state index contributed by atoms with van der Waals surface area (Å²) in [4.78, 5) is 27.8. The van der Waals surface area contributed by atoms with Crippen LogP contribution < -0.4 is 0 Å². The molecule has 2 aliphatic rings. The van der Waals surface area contributed by atoms with E-state index < -0.39 is 6.09 Å². The Morgan fingerprint density at radius 1 is 1.25 bits per heavy atom. The van der Waals surface area contributed by atoms with Crippen LogP contribution in [0.5, 0.6) is 0 Å². The van der Waals surface area contributed by atoms with Crippen LogP contribution in [0.25, 0.3) is 0 Å². The van der Waals surface area contributed by atoms with Gasteiger partial charge in [-0.05, 0) is 25.8 Å². The number of aliphatic hydroxyl groups is 1. The van der Waals surface area contributed by atoms with Crippen molar-refractivity contribution < 1.29 is 19.8 Å². The first-order valence-electron chi connectivity index (χ1n) is 7.22. The summed E-state index contributed by atoms with van der Waals surface area (Å²) in [5.74, 6) is -0.112. The third-order valence-corrected chi connectivity index (χ3v) is 4.17. The summed E-state index contributed by atoms with van der Waals surface area (Å²) in [6.45, 7) is 3.62.